The fourth-order valence-corrected chi connectivity index (χ4v) is 2.50. The van der Waals surface area contributed by atoms with Gasteiger partial charge in [-0.15, -0.1) is 0 Å². The first kappa shape index (κ1) is 13.9. The predicted octanol–water partition coefficient (Wildman–Crippen LogP) is 3.40. The highest BCUT2D eigenvalue weighted by Gasteiger charge is 2.25. The van der Waals surface area contributed by atoms with Gasteiger partial charge in [0.1, 0.15) is 4.60 Å². The van der Waals surface area contributed by atoms with E-state index < -0.39 is 9.76 Å². The van der Waals surface area contributed by atoms with Crippen LogP contribution in [-0.4, -0.2) is 14.7 Å². The van der Waals surface area contributed by atoms with E-state index in [9.17, 15) is 0 Å². The van der Waals surface area contributed by atoms with Gasteiger partial charge in [-0.25, -0.2) is 4.98 Å². The first-order chi connectivity index (χ1) is 7.21. The molecule has 0 amide bonds. The number of rotatable bonds is 3. The van der Waals surface area contributed by atoms with Gasteiger partial charge >= 0.3 is 0 Å². The summed E-state index contributed by atoms with van der Waals surface area (Å²) in [7, 11) is -0.566. The molecule has 16 heavy (non-hydrogen) atoms. The molecule has 1 aromatic rings. The summed E-state index contributed by atoms with van der Waals surface area (Å²) in [5, 5.41) is 0.309. The Morgan fingerprint density at radius 1 is 1.19 bits per heavy atom. The van der Waals surface area contributed by atoms with E-state index in [4.69, 9.17) is 4.43 Å². The normalized spacial score (nSPS) is 13.6. The summed E-state index contributed by atoms with van der Waals surface area (Å²) in [5.41, 5.74) is 0.696. The molecule has 4 heteroatoms. The maximum absolute atomic E-state index is 6.09. The van der Waals surface area contributed by atoms with Crippen LogP contribution in [0.15, 0.2) is 22.8 Å². The van der Waals surface area contributed by atoms with Crippen LogP contribution in [0.25, 0.3) is 0 Å². The molecule has 0 aromatic carbocycles. The van der Waals surface area contributed by atoms with Crippen molar-refractivity contribution >= 4 is 25.7 Å². The summed E-state index contributed by atoms with van der Waals surface area (Å²) < 4.78 is 6.95. The molecule has 0 saturated carbocycles. The largest absolute Gasteiger partial charge is 0.413 e. The number of halogens is 1. The van der Waals surface area contributed by atoms with Crippen molar-refractivity contribution in [2.45, 2.75) is 45.3 Å². The van der Waals surface area contributed by atoms with Crippen LogP contribution in [0.2, 0.25) is 5.04 Å². The zero-order chi connectivity index (χ0) is 12.4. The van der Waals surface area contributed by atoms with Crippen LogP contribution in [0.3, 0.4) is 0 Å². The third kappa shape index (κ3) is 4.35. The summed E-state index contributed by atoms with van der Waals surface area (Å²) in [5.74, 6) is 0. The minimum absolute atomic E-state index is 0.288. The van der Waals surface area contributed by atoms with Gasteiger partial charge in [0.05, 0.1) is 11.3 Å². The Balaban J connectivity index is 2.77. The van der Waals surface area contributed by atoms with Crippen LogP contribution in [0, 0.1) is 0 Å². The van der Waals surface area contributed by atoms with E-state index in [1.165, 1.54) is 0 Å². The summed E-state index contributed by atoms with van der Waals surface area (Å²) in [6, 6.07) is 5.94. The van der Waals surface area contributed by atoms with Crippen molar-refractivity contribution in [1.82, 2.24) is 4.98 Å². The van der Waals surface area contributed by atoms with Crippen LogP contribution in [0.4, 0.5) is 0 Å². The van der Waals surface area contributed by atoms with Crippen LogP contribution >= 0.6 is 15.9 Å². The van der Waals surface area contributed by atoms with Crippen molar-refractivity contribution in [2.75, 3.05) is 0 Å². The van der Waals surface area contributed by atoms with Crippen LogP contribution in [0.5, 0.6) is 0 Å². The lowest BCUT2D eigenvalue weighted by Gasteiger charge is -2.29. The van der Waals surface area contributed by atoms with Gasteiger partial charge in [-0.1, -0.05) is 26.8 Å². The molecular formula is C12H20BrNOSi. The minimum Gasteiger partial charge on any atom is -0.413 e. The van der Waals surface area contributed by atoms with Crippen LogP contribution in [0.1, 0.15) is 40.3 Å². The SMILES string of the molecule is CC(C)(C)[SiH2]OC(C)(C)c1cccc(Br)n1. The fourth-order valence-electron chi connectivity index (χ4n) is 1.21. The van der Waals surface area contributed by atoms with Gasteiger partial charge < -0.3 is 4.43 Å². The van der Waals surface area contributed by atoms with Crippen molar-refractivity contribution in [1.29, 1.82) is 0 Å². The van der Waals surface area contributed by atoms with Crippen LogP contribution < -0.4 is 0 Å². The first-order valence-corrected chi connectivity index (χ1v) is 7.55. The standard InChI is InChI=1S/C12H20BrNOSi/c1-11(2,3)16-15-12(4,5)9-7-6-8-10(13)14-9/h6-8H,16H2,1-5H3. The van der Waals surface area contributed by atoms with E-state index in [-0.39, 0.29) is 5.60 Å². The number of hydrogen-bond acceptors (Lipinski definition) is 2. The third-order valence-corrected chi connectivity index (χ3v) is 4.37. The fraction of sp³-hybridized carbons (Fsp3) is 0.583. The molecule has 0 aliphatic rings. The molecule has 1 rings (SSSR count). The maximum Gasteiger partial charge on any atom is 0.168 e. The molecule has 0 N–H and O–H groups in total. The number of nitrogens with zero attached hydrogens (tertiary/aromatic N) is 1. The number of hydrogen-bond donors (Lipinski definition) is 0. The highest BCUT2D eigenvalue weighted by atomic mass is 79.9. The molecule has 2 nitrogen and oxygen atoms in total. The molecule has 0 fully saturated rings. The van der Waals surface area contributed by atoms with Crippen molar-refractivity contribution in [3.63, 3.8) is 0 Å². The Morgan fingerprint density at radius 3 is 2.31 bits per heavy atom. The quantitative estimate of drug-likeness (QED) is 0.630. The topological polar surface area (TPSA) is 22.1 Å². The Labute approximate surface area is 109 Å². The Kier molecular flexibility index (Phi) is 4.32. The predicted molar refractivity (Wildman–Crippen MR) is 74.3 cm³/mol. The minimum atomic E-state index is -0.566. The lowest BCUT2D eigenvalue weighted by atomic mass is 10.1. The summed E-state index contributed by atoms with van der Waals surface area (Å²) in [6.07, 6.45) is 0. The van der Waals surface area contributed by atoms with E-state index in [0.717, 1.165) is 10.3 Å². The number of aromatic nitrogens is 1. The van der Waals surface area contributed by atoms with Gasteiger partial charge in [0.15, 0.2) is 9.76 Å². The molecule has 1 aromatic heterocycles. The van der Waals surface area contributed by atoms with E-state index in [1.807, 2.05) is 18.2 Å². The molecule has 0 spiro atoms. The zero-order valence-electron chi connectivity index (χ0n) is 10.7. The third-order valence-electron chi connectivity index (χ3n) is 2.20. The van der Waals surface area contributed by atoms with Crippen molar-refractivity contribution in [3.05, 3.63) is 28.5 Å². The smallest absolute Gasteiger partial charge is 0.168 e. The molecule has 0 radical (unpaired) electrons. The second-order valence-electron chi connectivity index (χ2n) is 5.71. The van der Waals surface area contributed by atoms with Gasteiger partial charge in [0, 0.05) is 0 Å². The summed E-state index contributed by atoms with van der Waals surface area (Å²) in [4.78, 5) is 4.46. The Hall–Kier alpha value is -0.193. The van der Waals surface area contributed by atoms with Gasteiger partial charge in [-0.05, 0) is 46.9 Å². The van der Waals surface area contributed by atoms with Gasteiger partial charge in [-0.3, -0.25) is 0 Å². The monoisotopic (exact) mass is 301 g/mol. The van der Waals surface area contributed by atoms with E-state index >= 15 is 0 Å². The maximum atomic E-state index is 6.09. The van der Waals surface area contributed by atoms with Crippen molar-refractivity contribution in [3.8, 4) is 0 Å². The highest BCUT2D eigenvalue weighted by molar-refractivity contribution is 9.10. The summed E-state index contributed by atoms with van der Waals surface area (Å²) in [6.45, 7) is 10.8. The lowest BCUT2D eigenvalue weighted by molar-refractivity contribution is 0.104. The van der Waals surface area contributed by atoms with Crippen LogP contribution in [-0.2, 0) is 10.0 Å². The molecule has 0 atom stereocenters. The Bertz CT molecular complexity index is 360. The van der Waals surface area contributed by atoms with E-state index in [1.54, 1.807) is 0 Å². The van der Waals surface area contributed by atoms with Gasteiger partial charge in [-0.2, -0.15) is 0 Å². The number of pyridine rings is 1. The Morgan fingerprint density at radius 2 is 1.81 bits per heavy atom. The van der Waals surface area contributed by atoms with E-state index in [2.05, 4.69) is 55.5 Å². The molecule has 0 aliphatic heterocycles. The first-order valence-electron chi connectivity index (χ1n) is 5.48. The lowest BCUT2D eigenvalue weighted by Crippen LogP contribution is -2.28. The second-order valence-corrected chi connectivity index (χ2v) is 9.22. The zero-order valence-corrected chi connectivity index (χ0v) is 13.7. The highest BCUT2D eigenvalue weighted by Crippen LogP contribution is 2.28. The molecule has 0 bridgehead atoms. The molecule has 0 saturated heterocycles. The van der Waals surface area contributed by atoms with Gasteiger partial charge in [0.25, 0.3) is 0 Å². The molecule has 90 valence electrons. The molecule has 1 heterocycles. The van der Waals surface area contributed by atoms with Crippen molar-refractivity contribution < 1.29 is 4.43 Å². The molecule has 0 aliphatic carbocycles. The average molecular weight is 302 g/mol. The van der Waals surface area contributed by atoms with Gasteiger partial charge in [0.2, 0.25) is 0 Å². The average Bonchev–Trinajstić information content (AvgIpc) is 2.14. The second kappa shape index (κ2) is 4.98. The molecule has 0 unspecified atom stereocenters. The van der Waals surface area contributed by atoms with Crippen molar-refractivity contribution in [2.24, 2.45) is 0 Å². The van der Waals surface area contributed by atoms with E-state index in [0.29, 0.717) is 5.04 Å². The summed E-state index contributed by atoms with van der Waals surface area (Å²) >= 11 is 3.39. The molecular weight excluding hydrogens is 282 g/mol.